The van der Waals surface area contributed by atoms with Gasteiger partial charge in [-0.1, -0.05) is 29.3 Å². The largest absolute Gasteiger partial charge is 0.481 e. The Morgan fingerprint density at radius 3 is 2.74 bits per heavy atom. The number of benzene rings is 1. The van der Waals surface area contributed by atoms with E-state index in [1.807, 2.05) is 18.2 Å². The number of thioether (sulfide) groups is 1. The van der Waals surface area contributed by atoms with E-state index >= 15 is 0 Å². The number of hydrogen-bond donors (Lipinski definition) is 1. The molecule has 6 heteroatoms. The molecule has 0 bridgehead atoms. The molecule has 0 aliphatic carbocycles. The summed E-state index contributed by atoms with van der Waals surface area (Å²) in [6.45, 7) is 1.47. The lowest BCUT2D eigenvalue weighted by atomic mass is 10.1. The summed E-state index contributed by atoms with van der Waals surface area (Å²) in [7, 11) is 0. The maximum Gasteiger partial charge on any atom is 0.304 e. The molecule has 1 aromatic carbocycles. The SMILES string of the molecule is O=C(O)CC1CSCCN1Cc1c(Cl)cccc1Cl. The summed E-state index contributed by atoms with van der Waals surface area (Å²) in [5, 5.41) is 10.2. The van der Waals surface area contributed by atoms with E-state index in [4.69, 9.17) is 28.3 Å². The second-order valence-corrected chi connectivity index (χ2v) is 6.46. The number of carbonyl (C=O) groups is 1. The summed E-state index contributed by atoms with van der Waals surface area (Å²) in [5.41, 5.74) is 0.883. The Hall–Kier alpha value is -0.420. The molecule has 0 amide bonds. The summed E-state index contributed by atoms with van der Waals surface area (Å²) >= 11 is 14.1. The number of nitrogens with zero attached hydrogens (tertiary/aromatic N) is 1. The Morgan fingerprint density at radius 2 is 2.11 bits per heavy atom. The van der Waals surface area contributed by atoms with Gasteiger partial charge in [0, 0.05) is 46.2 Å². The van der Waals surface area contributed by atoms with Crippen LogP contribution in [0.5, 0.6) is 0 Å². The molecule has 1 N–H and O–H groups in total. The molecule has 2 rings (SSSR count). The molecule has 0 radical (unpaired) electrons. The van der Waals surface area contributed by atoms with E-state index in [0.717, 1.165) is 23.6 Å². The normalized spacial score (nSPS) is 20.4. The van der Waals surface area contributed by atoms with Crippen LogP contribution in [0, 0.1) is 0 Å². The van der Waals surface area contributed by atoms with Crippen LogP contribution in [0.4, 0.5) is 0 Å². The Balaban J connectivity index is 2.13. The van der Waals surface area contributed by atoms with E-state index < -0.39 is 5.97 Å². The maximum atomic E-state index is 10.9. The first-order valence-electron chi connectivity index (χ1n) is 6.04. The summed E-state index contributed by atoms with van der Waals surface area (Å²) < 4.78 is 0. The molecule has 1 atom stereocenters. The van der Waals surface area contributed by atoms with Crippen molar-refractivity contribution in [3.8, 4) is 0 Å². The number of halogens is 2. The molecule has 0 saturated carbocycles. The van der Waals surface area contributed by atoms with E-state index in [1.54, 1.807) is 11.8 Å². The van der Waals surface area contributed by atoms with E-state index in [9.17, 15) is 4.79 Å². The van der Waals surface area contributed by atoms with Gasteiger partial charge in [0.05, 0.1) is 6.42 Å². The smallest absolute Gasteiger partial charge is 0.304 e. The van der Waals surface area contributed by atoms with Gasteiger partial charge in [0.2, 0.25) is 0 Å². The van der Waals surface area contributed by atoms with Crippen molar-refractivity contribution >= 4 is 40.9 Å². The zero-order valence-electron chi connectivity index (χ0n) is 10.3. The average molecular weight is 320 g/mol. The number of rotatable bonds is 4. The van der Waals surface area contributed by atoms with Gasteiger partial charge in [-0.15, -0.1) is 0 Å². The lowest BCUT2D eigenvalue weighted by Crippen LogP contribution is -2.43. The van der Waals surface area contributed by atoms with Crippen molar-refractivity contribution in [1.29, 1.82) is 0 Å². The minimum Gasteiger partial charge on any atom is -0.481 e. The minimum atomic E-state index is -0.761. The van der Waals surface area contributed by atoms with Gasteiger partial charge in [0.1, 0.15) is 0 Å². The monoisotopic (exact) mass is 319 g/mol. The third kappa shape index (κ3) is 4.02. The fraction of sp³-hybridized carbons (Fsp3) is 0.462. The molecular formula is C13H15Cl2NO2S. The van der Waals surface area contributed by atoms with Gasteiger partial charge in [-0.05, 0) is 12.1 Å². The molecule has 19 heavy (non-hydrogen) atoms. The highest BCUT2D eigenvalue weighted by Gasteiger charge is 2.26. The summed E-state index contributed by atoms with van der Waals surface area (Å²) in [4.78, 5) is 13.1. The van der Waals surface area contributed by atoms with Crippen LogP contribution in [0.15, 0.2) is 18.2 Å². The number of carboxylic acid groups (broad SMARTS) is 1. The quantitative estimate of drug-likeness (QED) is 0.923. The molecule has 1 aromatic rings. The molecule has 1 fully saturated rings. The van der Waals surface area contributed by atoms with Gasteiger partial charge < -0.3 is 5.11 Å². The first kappa shape index (κ1) is 15.0. The van der Waals surface area contributed by atoms with Gasteiger partial charge in [0.25, 0.3) is 0 Å². The van der Waals surface area contributed by atoms with Crippen molar-refractivity contribution in [2.75, 3.05) is 18.1 Å². The topological polar surface area (TPSA) is 40.5 Å². The number of aliphatic carboxylic acids is 1. The highest BCUT2D eigenvalue weighted by molar-refractivity contribution is 7.99. The van der Waals surface area contributed by atoms with Crippen molar-refractivity contribution in [3.05, 3.63) is 33.8 Å². The molecule has 1 heterocycles. The molecule has 3 nitrogen and oxygen atoms in total. The van der Waals surface area contributed by atoms with Gasteiger partial charge in [0.15, 0.2) is 0 Å². The highest BCUT2D eigenvalue weighted by Crippen LogP contribution is 2.28. The van der Waals surface area contributed by atoms with Crippen LogP contribution < -0.4 is 0 Å². The van der Waals surface area contributed by atoms with Crippen LogP contribution in [0.2, 0.25) is 10.0 Å². The molecule has 0 spiro atoms. The van der Waals surface area contributed by atoms with E-state index in [2.05, 4.69) is 4.90 Å². The molecule has 104 valence electrons. The van der Waals surface area contributed by atoms with Crippen molar-refractivity contribution in [3.63, 3.8) is 0 Å². The van der Waals surface area contributed by atoms with Gasteiger partial charge in [-0.25, -0.2) is 0 Å². The third-order valence-electron chi connectivity index (χ3n) is 3.18. The van der Waals surface area contributed by atoms with Crippen molar-refractivity contribution in [1.82, 2.24) is 4.90 Å². The van der Waals surface area contributed by atoms with E-state index in [1.165, 1.54) is 0 Å². The minimum absolute atomic E-state index is 0.0450. The number of hydrogen-bond acceptors (Lipinski definition) is 3. The second-order valence-electron chi connectivity index (χ2n) is 4.50. The lowest BCUT2D eigenvalue weighted by Gasteiger charge is -2.34. The molecule has 1 unspecified atom stereocenters. The lowest BCUT2D eigenvalue weighted by molar-refractivity contribution is -0.138. The van der Waals surface area contributed by atoms with Crippen LogP contribution >= 0.6 is 35.0 Å². The van der Waals surface area contributed by atoms with Crippen molar-refractivity contribution in [2.24, 2.45) is 0 Å². The Kier molecular flexibility index (Phi) is 5.39. The Morgan fingerprint density at radius 1 is 1.42 bits per heavy atom. The van der Waals surface area contributed by atoms with Crippen LogP contribution in [-0.2, 0) is 11.3 Å². The number of carboxylic acids is 1. The first-order chi connectivity index (χ1) is 9.08. The van der Waals surface area contributed by atoms with Crippen molar-refractivity contribution in [2.45, 2.75) is 19.0 Å². The molecule has 1 aliphatic rings. The zero-order chi connectivity index (χ0) is 13.8. The van der Waals surface area contributed by atoms with Gasteiger partial charge in [-0.2, -0.15) is 11.8 Å². The van der Waals surface area contributed by atoms with Crippen LogP contribution in [0.1, 0.15) is 12.0 Å². The van der Waals surface area contributed by atoms with E-state index in [0.29, 0.717) is 16.6 Å². The van der Waals surface area contributed by atoms with Gasteiger partial charge in [-0.3, -0.25) is 9.69 Å². The van der Waals surface area contributed by atoms with Crippen LogP contribution in [0.3, 0.4) is 0 Å². The highest BCUT2D eigenvalue weighted by atomic mass is 35.5. The summed E-state index contributed by atoms with van der Waals surface area (Å²) in [6, 6.07) is 5.49. The van der Waals surface area contributed by atoms with E-state index in [-0.39, 0.29) is 12.5 Å². The Bertz CT molecular complexity index is 450. The maximum absolute atomic E-state index is 10.9. The average Bonchev–Trinajstić information content (AvgIpc) is 2.35. The summed E-state index contributed by atoms with van der Waals surface area (Å²) in [6.07, 6.45) is 0.162. The van der Waals surface area contributed by atoms with Gasteiger partial charge >= 0.3 is 5.97 Å². The fourth-order valence-electron chi connectivity index (χ4n) is 2.17. The predicted molar refractivity (Wildman–Crippen MR) is 80.2 cm³/mol. The molecule has 1 aliphatic heterocycles. The fourth-order valence-corrected chi connectivity index (χ4v) is 3.82. The zero-order valence-corrected chi connectivity index (χ0v) is 12.6. The van der Waals surface area contributed by atoms with Crippen molar-refractivity contribution < 1.29 is 9.90 Å². The van der Waals surface area contributed by atoms with Crippen LogP contribution in [-0.4, -0.2) is 40.1 Å². The molecule has 1 saturated heterocycles. The molecule has 0 aromatic heterocycles. The first-order valence-corrected chi connectivity index (χ1v) is 7.95. The Labute approximate surface area is 126 Å². The standard InChI is InChI=1S/C13H15Cl2NO2S/c14-11-2-1-3-12(15)10(11)7-16-4-5-19-8-9(16)6-13(17)18/h1-3,9H,4-8H2,(H,17,18). The molecular weight excluding hydrogens is 305 g/mol. The summed E-state index contributed by atoms with van der Waals surface area (Å²) in [5.74, 6) is 1.09. The van der Waals surface area contributed by atoms with Crippen LogP contribution in [0.25, 0.3) is 0 Å². The second kappa shape index (κ2) is 6.84. The third-order valence-corrected chi connectivity index (χ3v) is 4.98. The predicted octanol–water partition coefficient (Wildman–Crippen LogP) is 3.39.